The number of aliphatic hydroxyl groups excluding tert-OH is 1. The molecule has 3 N–H and O–H groups in total. The lowest BCUT2D eigenvalue weighted by molar-refractivity contribution is -0.115. The minimum absolute atomic E-state index is 0.0255. The van der Waals surface area contributed by atoms with Crippen molar-refractivity contribution >= 4 is 33.4 Å². The third kappa shape index (κ3) is 5.96. The van der Waals surface area contributed by atoms with Crippen molar-refractivity contribution in [1.29, 1.82) is 0 Å². The van der Waals surface area contributed by atoms with Crippen LogP contribution in [0.1, 0.15) is 20.8 Å². The summed E-state index contributed by atoms with van der Waals surface area (Å²) in [6, 6.07) is 5.82. The van der Waals surface area contributed by atoms with Crippen LogP contribution in [0, 0.1) is 0 Å². The molecular weight excluding hydrogens is 324 g/mol. The molecule has 0 aromatic heterocycles. The first kappa shape index (κ1) is 19.0. The fourth-order valence-electron chi connectivity index (χ4n) is 1.64. The van der Waals surface area contributed by atoms with Crippen LogP contribution in [-0.4, -0.2) is 43.1 Å². The molecule has 0 spiro atoms. The van der Waals surface area contributed by atoms with Crippen molar-refractivity contribution in [2.45, 2.75) is 37.0 Å². The van der Waals surface area contributed by atoms with E-state index in [9.17, 15) is 13.2 Å². The Labute approximate surface area is 135 Å². The molecule has 0 aliphatic carbocycles. The summed E-state index contributed by atoms with van der Waals surface area (Å²) >= 11 is 1.35. The Morgan fingerprint density at radius 2 is 1.82 bits per heavy atom. The van der Waals surface area contributed by atoms with Gasteiger partial charge in [-0.1, -0.05) is 0 Å². The van der Waals surface area contributed by atoms with E-state index >= 15 is 0 Å². The van der Waals surface area contributed by atoms with Crippen molar-refractivity contribution in [2.24, 2.45) is 0 Å². The van der Waals surface area contributed by atoms with Gasteiger partial charge in [0.25, 0.3) is 0 Å². The summed E-state index contributed by atoms with van der Waals surface area (Å²) in [6.07, 6.45) is 0. The van der Waals surface area contributed by atoms with Crippen LogP contribution < -0.4 is 10.0 Å². The first-order valence-electron chi connectivity index (χ1n) is 6.92. The van der Waals surface area contributed by atoms with Gasteiger partial charge in [-0.3, -0.25) is 4.79 Å². The molecule has 0 unspecified atom stereocenters. The molecule has 0 heterocycles. The minimum atomic E-state index is -3.53. The van der Waals surface area contributed by atoms with E-state index in [0.717, 1.165) is 0 Å². The molecule has 1 atom stereocenters. The normalized spacial score (nSPS) is 13.1. The lowest BCUT2D eigenvalue weighted by Crippen LogP contribution is -2.30. The van der Waals surface area contributed by atoms with Crippen LogP contribution in [0.5, 0.6) is 0 Å². The quantitative estimate of drug-likeness (QED) is 0.662. The molecule has 0 radical (unpaired) electrons. The SMILES string of the molecule is CC(C)NS(=O)(=O)c1ccc(NC(=O)[C@@H](C)SCCO)cc1. The third-order valence-electron chi connectivity index (χ3n) is 2.65. The number of amides is 1. The number of anilines is 1. The number of thioether (sulfide) groups is 1. The van der Waals surface area contributed by atoms with Gasteiger partial charge in [0.1, 0.15) is 0 Å². The zero-order valence-corrected chi connectivity index (χ0v) is 14.5. The zero-order chi connectivity index (χ0) is 16.8. The summed E-state index contributed by atoms with van der Waals surface area (Å²) in [5, 5.41) is 11.2. The number of carbonyl (C=O) groups excluding carboxylic acids is 1. The maximum absolute atomic E-state index is 12.0. The molecule has 8 heteroatoms. The van der Waals surface area contributed by atoms with E-state index in [1.165, 1.54) is 23.9 Å². The summed E-state index contributed by atoms with van der Waals surface area (Å²) in [6.45, 7) is 5.27. The highest BCUT2D eigenvalue weighted by molar-refractivity contribution is 8.00. The van der Waals surface area contributed by atoms with Crippen molar-refractivity contribution in [3.05, 3.63) is 24.3 Å². The van der Waals surface area contributed by atoms with Crippen LogP contribution in [0.3, 0.4) is 0 Å². The van der Waals surface area contributed by atoms with Crippen molar-refractivity contribution < 1.29 is 18.3 Å². The molecule has 1 aromatic carbocycles. The summed E-state index contributed by atoms with van der Waals surface area (Å²) < 4.78 is 26.4. The second-order valence-corrected chi connectivity index (χ2v) is 8.19. The molecule has 0 bridgehead atoms. The Kier molecular flexibility index (Phi) is 7.34. The molecule has 0 aliphatic heterocycles. The van der Waals surface area contributed by atoms with Crippen LogP contribution >= 0.6 is 11.8 Å². The van der Waals surface area contributed by atoms with E-state index < -0.39 is 10.0 Å². The first-order chi connectivity index (χ1) is 10.3. The molecular formula is C14H22N2O4S2. The van der Waals surface area contributed by atoms with E-state index in [0.29, 0.717) is 11.4 Å². The average molecular weight is 346 g/mol. The molecule has 1 rings (SSSR count). The van der Waals surface area contributed by atoms with Crippen molar-refractivity contribution in [3.63, 3.8) is 0 Å². The largest absolute Gasteiger partial charge is 0.396 e. The fourth-order valence-corrected chi connectivity index (χ4v) is 3.57. The Morgan fingerprint density at radius 1 is 1.23 bits per heavy atom. The molecule has 1 aromatic rings. The maximum atomic E-state index is 12.0. The summed E-state index contributed by atoms with van der Waals surface area (Å²) in [4.78, 5) is 12.1. The Bertz CT molecular complexity index is 585. The second-order valence-electron chi connectivity index (χ2n) is 5.03. The van der Waals surface area contributed by atoms with E-state index in [1.807, 2.05) is 0 Å². The van der Waals surface area contributed by atoms with Crippen LogP contribution in [0.2, 0.25) is 0 Å². The number of hydrogen-bond donors (Lipinski definition) is 3. The molecule has 6 nitrogen and oxygen atoms in total. The number of hydrogen-bond acceptors (Lipinski definition) is 5. The average Bonchev–Trinajstić information content (AvgIpc) is 2.43. The number of sulfonamides is 1. The number of benzene rings is 1. The molecule has 0 fully saturated rings. The predicted molar refractivity (Wildman–Crippen MR) is 89.5 cm³/mol. The molecule has 1 amide bonds. The van der Waals surface area contributed by atoms with Crippen molar-refractivity contribution in [2.75, 3.05) is 17.7 Å². The lowest BCUT2D eigenvalue weighted by atomic mass is 10.3. The summed E-state index contributed by atoms with van der Waals surface area (Å²) in [5.74, 6) is 0.307. The lowest BCUT2D eigenvalue weighted by Gasteiger charge is -2.12. The van der Waals surface area contributed by atoms with Gasteiger partial charge >= 0.3 is 0 Å². The van der Waals surface area contributed by atoms with Crippen LogP contribution in [-0.2, 0) is 14.8 Å². The Hall–Kier alpha value is -1.09. The fraction of sp³-hybridized carbons (Fsp3) is 0.500. The second kappa shape index (κ2) is 8.52. The van der Waals surface area contributed by atoms with Crippen LogP contribution in [0.15, 0.2) is 29.2 Å². The number of rotatable bonds is 8. The molecule has 0 saturated heterocycles. The summed E-state index contributed by atoms with van der Waals surface area (Å²) in [5.41, 5.74) is 0.532. The van der Waals surface area contributed by atoms with E-state index in [4.69, 9.17) is 5.11 Å². The van der Waals surface area contributed by atoms with Crippen molar-refractivity contribution in [3.8, 4) is 0 Å². The van der Waals surface area contributed by atoms with Gasteiger partial charge in [0.15, 0.2) is 0 Å². The van der Waals surface area contributed by atoms with Gasteiger partial charge in [0.05, 0.1) is 16.8 Å². The standard InChI is InChI=1S/C14H22N2O4S2/c1-10(2)16-22(19,20)13-6-4-12(5-7-13)15-14(18)11(3)21-9-8-17/h4-7,10-11,16-17H,8-9H2,1-3H3,(H,15,18)/t11-/m1/s1. The summed E-state index contributed by atoms with van der Waals surface area (Å²) in [7, 11) is -3.53. The van der Waals surface area contributed by atoms with Gasteiger partial charge in [-0.05, 0) is 45.0 Å². The minimum Gasteiger partial charge on any atom is -0.396 e. The third-order valence-corrected chi connectivity index (χ3v) is 5.46. The molecule has 0 saturated carbocycles. The van der Waals surface area contributed by atoms with Gasteiger partial charge in [-0.25, -0.2) is 13.1 Å². The topological polar surface area (TPSA) is 95.5 Å². The zero-order valence-electron chi connectivity index (χ0n) is 12.9. The molecule has 124 valence electrons. The highest BCUT2D eigenvalue weighted by Crippen LogP contribution is 2.17. The predicted octanol–water partition coefficient (Wildman–Crippen LogP) is 1.43. The van der Waals surface area contributed by atoms with Gasteiger partial charge < -0.3 is 10.4 Å². The number of nitrogens with one attached hydrogen (secondary N) is 2. The van der Waals surface area contributed by atoms with E-state index in [2.05, 4.69) is 10.0 Å². The molecule has 22 heavy (non-hydrogen) atoms. The van der Waals surface area contributed by atoms with Crippen molar-refractivity contribution in [1.82, 2.24) is 4.72 Å². The van der Waals surface area contributed by atoms with Crippen LogP contribution in [0.25, 0.3) is 0 Å². The Balaban J connectivity index is 2.71. The first-order valence-corrected chi connectivity index (χ1v) is 9.45. The van der Waals surface area contributed by atoms with Gasteiger partial charge in [-0.15, -0.1) is 11.8 Å². The smallest absolute Gasteiger partial charge is 0.240 e. The van der Waals surface area contributed by atoms with Gasteiger partial charge in [-0.2, -0.15) is 0 Å². The van der Waals surface area contributed by atoms with Gasteiger partial charge in [0.2, 0.25) is 15.9 Å². The maximum Gasteiger partial charge on any atom is 0.240 e. The number of carbonyl (C=O) groups is 1. The molecule has 0 aliphatic rings. The highest BCUT2D eigenvalue weighted by Gasteiger charge is 2.16. The van der Waals surface area contributed by atoms with Gasteiger partial charge in [0, 0.05) is 17.5 Å². The number of aliphatic hydroxyl groups is 1. The van der Waals surface area contributed by atoms with Crippen LogP contribution in [0.4, 0.5) is 5.69 Å². The highest BCUT2D eigenvalue weighted by atomic mass is 32.2. The van der Waals surface area contributed by atoms with E-state index in [1.54, 1.807) is 32.9 Å². The monoisotopic (exact) mass is 346 g/mol. The Morgan fingerprint density at radius 3 is 2.32 bits per heavy atom. The van der Waals surface area contributed by atoms with E-state index in [-0.39, 0.29) is 28.7 Å².